The van der Waals surface area contributed by atoms with Crippen molar-refractivity contribution in [2.45, 2.75) is 31.8 Å². The number of thiophene rings is 1. The molecule has 1 heterocycles. The van der Waals surface area contributed by atoms with E-state index < -0.39 is 0 Å². The van der Waals surface area contributed by atoms with E-state index in [0.717, 1.165) is 18.4 Å². The standard InChI is InChI=1S/C17H16N2OS/c18-10-14-3-1-13(2-4-14)9-17(20)19(16-5-6-16)11-15-7-8-21-12-15/h1-4,7-8,12,16H,5-6,9,11H2. The highest BCUT2D eigenvalue weighted by Crippen LogP contribution is 2.29. The molecule has 0 saturated heterocycles. The fraction of sp³-hybridized carbons (Fsp3) is 0.294. The van der Waals surface area contributed by atoms with Gasteiger partial charge in [-0.05, 0) is 52.9 Å². The predicted molar refractivity (Wildman–Crippen MR) is 82.8 cm³/mol. The van der Waals surface area contributed by atoms with E-state index in [9.17, 15) is 4.79 Å². The molecule has 3 rings (SSSR count). The molecule has 0 atom stereocenters. The summed E-state index contributed by atoms with van der Waals surface area (Å²) >= 11 is 1.66. The first-order chi connectivity index (χ1) is 10.3. The molecule has 1 fully saturated rings. The minimum atomic E-state index is 0.174. The van der Waals surface area contributed by atoms with Gasteiger partial charge in [0.1, 0.15) is 0 Å². The van der Waals surface area contributed by atoms with Gasteiger partial charge in [-0.1, -0.05) is 12.1 Å². The maximum atomic E-state index is 12.5. The Hall–Kier alpha value is -2.12. The van der Waals surface area contributed by atoms with Crippen LogP contribution in [-0.4, -0.2) is 16.8 Å². The molecule has 4 heteroatoms. The van der Waals surface area contributed by atoms with Gasteiger partial charge in [0.05, 0.1) is 18.1 Å². The Labute approximate surface area is 128 Å². The molecule has 2 aromatic rings. The van der Waals surface area contributed by atoms with Crippen molar-refractivity contribution in [3.63, 3.8) is 0 Å². The zero-order valence-electron chi connectivity index (χ0n) is 11.7. The third-order valence-electron chi connectivity index (χ3n) is 3.68. The number of carbonyl (C=O) groups is 1. The molecular formula is C17H16N2OS. The van der Waals surface area contributed by atoms with E-state index in [4.69, 9.17) is 5.26 Å². The van der Waals surface area contributed by atoms with Crippen LogP contribution < -0.4 is 0 Å². The largest absolute Gasteiger partial charge is 0.335 e. The Morgan fingerprint density at radius 2 is 2.00 bits per heavy atom. The molecule has 1 aliphatic carbocycles. The summed E-state index contributed by atoms with van der Waals surface area (Å²) in [6, 6.07) is 11.9. The highest BCUT2D eigenvalue weighted by atomic mass is 32.1. The predicted octanol–water partition coefficient (Wildman–Crippen LogP) is 3.35. The van der Waals surface area contributed by atoms with Gasteiger partial charge in [0, 0.05) is 12.6 Å². The van der Waals surface area contributed by atoms with Crippen LogP contribution in [0.2, 0.25) is 0 Å². The molecule has 0 unspecified atom stereocenters. The lowest BCUT2D eigenvalue weighted by Gasteiger charge is -2.22. The normalized spacial score (nSPS) is 13.7. The average molecular weight is 296 g/mol. The topological polar surface area (TPSA) is 44.1 Å². The third kappa shape index (κ3) is 3.50. The Morgan fingerprint density at radius 3 is 2.57 bits per heavy atom. The first-order valence-corrected chi connectivity index (χ1v) is 8.00. The van der Waals surface area contributed by atoms with Crippen LogP contribution in [0.1, 0.15) is 29.5 Å². The quantitative estimate of drug-likeness (QED) is 0.849. The Bertz CT molecular complexity index is 651. The van der Waals surface area contributed by atoms with Crippen molar-refractivity contribution in [3.8, 4) is 6.07 Å². The van der Waals surface area contributed by atoms with Crippen molar-refractivity contribution in [2.75, 3.05) is 0 Å². The molecule has 1 aromatic carbocycles. The van der Waals surface area contributed by atoms with E-state index in [2.05, 4.69) is 17.5 Å². The number of amides is 1. The lowest BCUT2D eigenvalue weighted by Crippen LogP contribution is -2.33. The molecule has 3 nitrogen and oxygen atoms in total. The Morgan fingerprint density at radius 1 is 1.24 bits per heavy atom. The van der Waals surface area contributed by atoms with Crippen LogP contribution >= 0.6 is 11.3 Å². The summed E-state index contributed by atoms with van der Waals surface area (Å²) in [6.07, 6.45) is 2.64. The summed E-state index contributed by atoms with van der Waals surface area (Å²) in [5, 5.41) is 12.9. The molecule has 1 saturated carbocycles. The maximum Gasteiger partial charge on any atom is 0.227 e. The van der Waals surface area contributed by atoms with Crippen LogP contribution in [-0.2, 0) is 17.8 Å². The van der Waals surface area contributed by atoms with Crippen LogP contribution in [0.4, 0.5) is 0 Å². The number of benzene rings is 1. The zero-order valence-corrected chi connectivity index (χ0v) is 12.5. The summed E-state index contributed by atoms with van der Waals surface area (Å²) in [7, 11) is 0. The van der Waals surface area contributed by atoms with E-state index in [-0.39, 0.29) is 5.91 Å². The summed E-state index contributed by atoms with van der Waals surface area (Å²) in [6.45, 7) is 0.712. The first kappa shape index (κ1) is 13.8. The highest BCUT2D eigenvalue weighted by Gasteiger charge is 2.32. The van der Waals surface area contributed by atoms with Crippen molar-refractivity contribution in [3.05, 3.63) is 57.8 Å². The molecule has 1 aliphatic rings. The molecular weight excluding hydrogens is 280 g/mol. The number of nitriles is 1. The van der Waals surface area contributed by atoms with Crippen LogP contribution in [0.15, 0.2) is 41.1 Å². The van der Waals surface area contributed by atoms with Crippen LogP contribution in [0.5, 0.6) is 0 Å². The van der Waals surface area contributed by atoms with Crippen molar-refractivity contribution in [2.24, 2.45) is 0 Å². The molecule has 0 spiro atoms. The third-order valence-corrected chi connectivity index (χ3v) is 4.41. The molecule has 1 aromatic heterocycles. The second-order valence-electron chi connectivity index (χ2n) is 5.37. The second-order valence-corrected chi connectivity index (χ2v) is 6.15. The van der Waals surface area contributed by atoms with E-state index in [0.29, 0.717) is 24.6 Å². The molecule has 0 N–H and O–H groups in total. The van der Waals surface area contributed by atoms with Gasteiger partial charge in [0.25, 0.3) is 0 Å². The number of hydrogen-bond acceptors (Lipinski definition) is 3. The molecule has 106 valence electrons. The van der Waals surface area contributed by atoms with Crippen molar-refractivity contribution in [1.82, 2.24) is 4.90 Å². The molecule has 0 bridgehead atoms. The van der Waals surface area contributed by atoms with Gasteiger partial charge in [-0.25, -0.2) is 0 Å². The fourth-order valence-corrected chi connectivity index (χ4v) is 3.02. The second kappa shape index (κ2) is 6.11. The van der Waals surface area contributed by atoms with Gasteiger partial charge >= 0.3 is 0 Å². The summed E-state index contributed by atoms with van der Waals surface area (Å²) in [5.41, 5.74) is 2.80. The number of nitrogens with zero attached hydrogens (tertiary/aromatic N) is 2. The van der Waals surface area contributed by atoms with Gasteiger partial charge in [-0.3, -0.25) is 4.79 Å². The first-order valence-electron chi connectivity index (χ1n) is 7.06. The van der Waals surface area contributed by atoms with E-state index in [1.165, 1.54) is 5.56 Å². The summed E-state index contributed by atoms with van der Waals surface area (Å²) < 4.78 is 0. The number of rotatable bonds is 5. The van der Waals surface area contributed by atoms with Gasteiger partial charge < -0.3 is 4.90 Å². The molecule has 1 amide bonds. The van der Waals surface area contributed by atoms with E-state index in [1.54, 1.807) is 23.5 Å². The van der Waals surface area contributed by atoms with Gasteiger partial charge in [-0.15, -0.1) is 0 Å². The van der Waals surface area contributed by atoms with Crippen molar-refractivity contribution < 1.29 is 4.79 Å². The summed E-state index contributed by atoms with van der Waals surface area (Å²) in [5.74, 6) is 0.174. The minimum Gasteiger partial charge on any atom is -0.335 e. The van der Waals surface area contributed by atoms with Crippen LogP contribution in [0, 0.1) is 11.3 Å². The average Bonchev–Trinajstić information content (AvgIpc) is 3.21. The molecule has 21 heavy (non-hydrogen) atoms. The lowest BCUT2D eigenvalue weighted by molar-refractivity contribution is -0.131. The van der Waals surface area contributed by atoms with Gasteiger partial charge in [-0.2, -0.15) is 16.6 Å². The van der Waals surface area contributed by atoms with E-state index >= 15 is 0 Å². The Kier molecular flexibility index (Phi) is 4.03. The zero-order chi connectivity index (χ0) is 14.7. The monoisotopic (exact) mass is 296 g/mol. The number of hydrogen-bond donors (Lipinski definition) is 0. The van der Waals surface area contributed by atoms with Crippen molar-refractivity contribution in [1.29, 1.82) is 5.26 Å². The SMILES string of the molecule is N#Cc1ccc(CC(=O)N(Cc2ccsc2)C2CC2)cc1. The molecule has 0 radical (unpaired) electrons. The lowest BCUT2D eigenvalue weighted by atomic mass is 10.1. The summed E-state index contributed by atoms with van der Waals surface area (Å²) in [4.78, 5) is 14.5. The fourth-order valence-electron chi connectivity index (χ4n) is 2.36. The van der Waals surface area contributed by atoms with Crippen LogP contribution in [0.3, 0.4) is 0 Å². The minimum absolute atomic E-state index is 0.174. The Balaban J connectivity index is 1.67. The highest BCUT2D eigenvalue weighted by molar-refractivity contribution is 7.07. The van der Waals surface area contributed by atoms with Crippen LogP contribution in [0.25, 0.3) is 0 Å². The number of carbonyl (C=O) groups excluding carboxylic acids is 1. The smallest absolute Gasteiger partial charge is 0.227 e. The van der Waals surface area contributed by atoms with Gasteiger partial charge in [0.15, 0.2) is 0 Å². The van der Waals surface area contributed by atoms with Crippen molar-refractivity contribution >= 4 is 17.2 Å². The maximum absolute atomic E-state index is 12.5. The van der Waals surface area contributed by atoms with E-state index in [1.807, 2.05) is 22.4 Å². The molecule has 0 aliphatic heterocycles. The van der Waals surface area contributed by atoms with Gasteiger partial charge in [0.2, 0.25) is 5.91 Å².